The predicted molar refractivity (Wildman–Crippen MR) is 114 cm³/mol. The Morgan fingerprint density at radius 1 is 1.00 bits per heavy atom. The molecule has 2 rings (SSSR count). The summed E-state index contributed by atoms with van der Waals surface area (Å²) < 4.78 is 0. The molecule has 0 saturated heterocycles. The van der Waals surface area contributed by atoms with Crippen LogP contribution in [0.5, 0.6) is 0 Å². The number of para-hydroxylation sites is 1. The van der Waals surface area contributed by atoms with Gasteiger partial charge in [-0.15, -0.1) is 0 Å². The molecule has 2 aromatic rings. The van der Waals surface area contributed by atoms with Crippen LogP contribution in [-0.4, -0.2) is 38.5 Å². The van der Waals surface area contributed by atoms with Gasteiger partial charge in [-0.05, 0) is 42.2 Å². The first-order chi connectivity index (χ1) is 13.4. The van der Waals surface area contributed by atoms with Gasteiger partial charge in [0.1, 0.15) is 0 Å². The number of halogens is 2. The summed E-state index contributed by atoms with van der Waals surface area (Å²) in [4.78, 5) is 25.2. The van der Waals surface area contributed by atoms with Gasteiger partial charge in [0, 0.05) is 22.3 Å². The zero-order chi connectivity index (χ0) is 20.5. The molecule has 0 fully saturated rings. The van der Waals surface area contributed by atoms with E-state index in [-0.39, 0.29) is 24.9 Å². The second-order valence-electron chi connectivity index (χ2n) is 6.71. The van der Waals surface area contributed by atoms with Gasteiger partial charge in [0.2, 0.25) is 0 Å². The molecule has 5 nitrogen and oxygen atoms in total. The molecule has 7 heteroatoms. The molecular formula is C21H26Cl2N3O2+. The number of quaternary nitrogens is 1. The van der Waals surface area contributed by atoms with Crippen molar-refractivity contribution in [3.05, 3.63) is 63.6 Å². The molecule has 0 spiro atoms. The Balaban J connectivity index is 1.73. The molecule has 28 heavy (non-hydrogen) atoms. The molecule has 1 atom stereocenters. The van der Waals surface area contributed by atoms with Gasteiger partial charge < -0.3 is 15.5 Å². The average Bonchev–Trinajstić information content (AvgIpc) is 2.63. The van der Waals surface area contributed by atoms with Crippen LogP contribution in [-0.2, 0) is 22.4 Å². The number of benzene rings is 2. The Morgan fingerprint density at radius 2 is 1.71 bits per heavy atom. The van der Waals surface area contributed by atoms with E-state index in [0.29, 0.717) is 23.0 Å². The Labute approximate surface area is 176 Å². The van der Waals surface area contributed by atoms with Gasteiger partial charge >= 0.3 is 0 Å². The van der Waals surface area contributed by atoms with E-state index in [1.807, 2.05) is 44.3 Å². The zero-order valence-electron chi connectivity index (χ0n) is 16.1. The maximum Gasteiger partial charge on any atom is 0.279 e. The van der Waals surface area contributed by atoms with Crippen LogP contribution >= 0.6 is 23.2 Å². The fourth-order valence-electron chi connectivity index (χ4n) is 2.88. The molecule has 0 heterocycles. The molecule has 0 aliphatic heterocycles. The van der Waals surface area contributed by atoms with Crippen LogP contribution in [0.25, 0.3) is 0 Å². The number of carbonyl (C=O) groups is 2. The summed E-state index contributed by atoms with van der Waals surface area (Å²) in [6.45, 7) is 2.96. The third-order valence-corrected chi connectivity index (χ3v) is 4.92. The fourth-order valence-corrected chi connectivity index (χ4v) is 3.38. The molecule has 0 saturated carbocycles. The highest BCUT2D eigenvalue weighted by Crippen LogP contribution is 2.21. The number of rotatable bonds is 9. The number of anilines is 1. The van der Waals surface area contributed by atoms with Crippen molar-refractivity contribution in [1.82, 2.24) is 5.32 Å². The lowest BCUT2D eigenvalue weighted by molar-refractivity contribution is -0.862. The molecule has 0 radical (unpaired) electrons. The normalized spacial score (nSPS) is 11.7. The van der Waals surface area contributed by atoms with E-state index in [0.717, 1.165) is 28.1 Å². The Bertz CT molecular complexity index is 827. The summed E-state index contributed by atoms with van der Waals surface area (Å²) >= 11 is 12.0. The Hall–Kier alpha value is -2.08. The van der Waals surface area contributed by atoms with Gasteiger partial charge in [0.15, 0.2) is 13.1 Å². The van der Waals surface area contributed by atoms with Crippen LogP contribution in [0.3, 0.4) is 0 Å². The van der Waals surface area contributed by atoms with Crippen molar-refractivity contribution < 1.29 is 14.5 Å². The third-order valence-electron chi connectivity index (χ3n) is 4.33. The van der Waals surface area contributed by atoms with E-state index >= 15 is 0 Å². The lowest BCUT2D eigenvalue weighted by Crippen LogP contribution is -3.11. The van der Waals surface area contributed by atoms with Crippen molar-refractivity contribution in [2.75, 3.05) is 32.0 Å². The minimum absolute atomic E-state index is 0.107. The predicted octanol–water partition coefficient (Wildman–Crippen LogP) is 2.37. The zero-order valence-corrected chi connectivity index (χ0v) is 17.7. The summed E-state index contributed by atoms with van der Waals surface area (Å²) in [5, 5.41) is 6.96. The first-order valence-electron chi connectivity index (χ1n) is 9.28. The largest absolute Gasteiger partial charge is 0.351 e. The van der Waals surface area contributed by atoms with E-state index in [4.69, 9.17) is 23.2 Å². The number of hydrogen-bond acceptors (Lipinski definition) is 2. The summed E-state index contributed by atoms with van der Waals surface area (Å²) in [6, 6.07) is 13.0. The average molecular weight is 423 g/mol. The van der Waals surface area contributed by atoms with Crippen molar-refractivity contribution in [3.63, 3.8) is 0 Å². The highest BCUT2D eigenvalue weighted by atomic mass is 35.5. The summed E-state index contributed by atoms with van der Waals surface area (Å²) in [7, 11) is 1.82. The van der Waals surface area contributed by atoms with Crippen LogP contribution in [0.2, 0.25) is 10.0 Å². The highest BCUT2D eigenvalue weighted by Gasteiger charge is 2.15. The maximum atomic E-state index is 12.2. The Morgan fingerprint density at radius 3 is 2.43 bits per heavy atom. The molecule has 0 aromatic heterocycles. The van der Waals surface area contributed by atoms with Gasteiger partial charge in [-0.25, -0.2) is 0 Å². The quantitative estimate of drug-likeness (QED) is 0.580. The molecule has 0 aliphatic carbocycles. The van der Waals surface area contributed by atoms with Gasteiger partial charge in [0.05, 0.1) is 7.05 Å². The molecule has 1 unspecified atom stereocenters. The lowest BCUT2D eigenvalue weighted by atomic mass is 10.1. The van der Waals surface area contributed by atoms with Gasteiger partial charge in [0.25, 0.3) is 11.8 Å². The number of nitrogens with one attached hydrogen (secondary N) is 3. The topological polar surface area (TPSA) is 62.6 Å². The number of likely N-dealkylation sites (N-methyl/N-ethyl adjacent to an activating group) is 1. The van der Waals surface area contributed by atoms with Crippen LogP contribution in [0.1, 0.15) is 18.1 Å². The molecular weight excluding hydrogens is 397 g/mol. The van der Waals surface area contributed by atoms with Crippen LogP contribution in [0, 0.1) is 0 Å². The monoisotopic (exact) mass is 422 g/mol. The third kappa shape index (κ3) is 7.15. The van der Waals surface area contributed by atoms with E-state index in [1.165, 1.54) is 0 Å². The van der Waals surface area contributed by atoms with Gasteiger partial charge in [-0.2, -0.15) is 0 Å². The summed E-state index contributed by atoms with van der Waals surface area (Å²) in [5.74, 6) is -0.219. The smallest absolute Gasteiger partial charge is 0.279 e. The Kier molecular flexibility index (Phi) is 8.77. The number of hydrogen-bond donors (Lipinski definition) is 3. The minimum Gasteiger partial charge on any atom is -0.351 e. The first-order valence-corrected chi connectivity index (χ1v) is 10.0. The van der Waals surface area contributed by atoms with Gasteiger partial charge in [-0.3, -0.25) is 9.59 Å². The van der Waals surface area contributed by atoms with Crippen molar-refractivity contribution >= 4 is 40.7 Å². The number of carbonyl (C=O) groups excluding carboxylic acids is 2. The molecule has 3 N–H and O–H groups in total. The second kappa shape index (κ2) is 11.1. The SMILES string of the molecule is CCc1ccccc1NC(=O)C[NH+](C)CC(=O)NCCc1ccc(Cl)cc1Cl. The van der Waals surface area contributed by atoms with E-state index < -0.39 is 0 Å². The van der Waals surface area contributed by atoms with Crippen LogP contribution < -0.4 is 15.5 Å². The van der Waals surface area contributed by atoms with E-state index in [2.05, 4.69) is 10.6 Å². The lowest BCUT2D eigenvalue weighted by Gasteiger charge is -2.15. The highest BCUT2D eigenvalue weighted by molar-refractivity contribution is 6.35. The van der Waals surface area contributed by atoms with Crippen molar-refractivity contribution in [2.24, 2.45) is 0 Å². The van der Waals surface area contributed by atoms with Crippen molar-refractivity contribution in [1.29, 1.82) is 0 Å². The van der Waals surface area contributed by atoms with Crippen LogP contribution in [0.4, 0.5) is 5.69 Å². The number of amides is 2. The molecule has 150 valence electrons. The number of aryl methyl sites for hydroxylation is 1. The minimum atomic E-state index is -0.112. The molecule has 2 amide bonds. The van der Waals surface area contributed by atoms with Crippen LogP contribution in [0.15, 0.2) is 42.5 Å². The second-order valence-corrected chi connectivity index (χ2v) is 7.55. The molecule has 0 bridgehead atoms. The van der Waals surface area contributed by atoms with Crippen molar-refractivity contribution in [3.8, 4) is 0 Å². The first kappa shape index (κ1) is 22.2. The molecule has 2 aromatic carbocycles. The standard InChI is InChI=1S/C21H25Cl2N3O2/c1-3-15-6-4-5-7-19(15)25-21(28)14-26(2)13-20(27)24-11-10-16-8-9-17(22)12-18(16)23/h4-9,12H,3,10-11,13-14H2,1-2H3,(H,24,27)(H,25,28)/p+1. The van der Waals surface area contributed by atoms with Crippen molar-refractivity contribution in [2.45, 2.75) is 19.8 Å². The summed E-state index contributed by atoms with van der Waals surface area (Å²) in [6.07, 6.45) is 1.47. The van der Waals surface area contributed by atoms with Gasteiger partial charge in [-0.1, -0.05) is 54.4 Å². The molecule has 0 aliphatic rings. The fraction of sp³-hybridized carbons (Fsp3) is 0.333. The maximum absolute atomic E-state index is 12.2. The summed E-state index contributed by atoms with van der Waals surface area (Å²) in [5.41, 5.74) is 2.85. The van der Waals surface area contributed by atoms with E-state index in [9.17, 15) is 9.59 Å². The van der Waals surface area contributed by atoms with E-state index in [1.54, 1.807) is 12.1 Å².